The van der Waals surface area contributed by atoms with Crippen molar-refractivity contribution < 1.29 is 38.4 Å². The van der Waals surface area contributed by atoms with Gasteiger partial charge in [-0.3, -0.25) is 4.79 Å². The maximum absolute atomic E-state index is 11.4. The number of hydrogen-bond acceptors (Lipinski definition) is 8. The van der Waals surface area contributed by atoms with E-state index in [0.717, 1.165) is 6.92 Å². The summed E-state index contributed by atoms with van der Waals surface area (Å²) in [5, 5.41) is 36.0. The molecule has 1 aliphatic rings. The van der Waals surface area contributed by atoms with Gasteiger partial charge < -0.3 is 25.2 Å². The van der Waals surface area contributed by atoms with Gasteiger partial charge in [0.05, 0.1) is 6.61 Å². The molecule has 1 saturated heterocycles. The van der Waals surface area contributed by atoms with Crippen LogP contribution in [-0.2, 0) is 18.4 Å². The van der Waals surface area contributed by atoms with Crippen LogP contribution in [0.2, 0.25) is 0 Å². The molecule has 0 aromatic rings. The van der Waals surface area contributed by atoms with Crippen LogP contribution in [0.1, 0.15) is 6.92 Å². The lowest BCUT2D eigenvalue weighted by atomic mass is 9.92. The highest BCUT2D eigenvalue weighted by atomic mass is 33.1. The molecule has 0 saturated carbocycles. The molecule has 10 heteroatoms. The van der Waals surface area contributed by atoms with Gasteiger partial charge in [0.2, 0.25) is 8.87 Å². The van der Waals surface area contributed by atoms with Crippen LogP contribution in [-0.4, -0.2) is 77.0 Å². The van der Waals surface area contributed by atoms with Gasteiger partial charge >= 0.3 is 0 Å². The summed E-state index contributed by atoms with van der Waals surface area (Å²) in [5.74, 6) is -0.834. The third-order valence-electron chi connectivity index (χ3n) is 2.95. The van der Waals surface area contributed by atoms with E-state index in [0.29, 0.717) is 0 Å². The van der Waals surface area contributed by atoms with E-state index < -0.39 is 57.0 Å². The maximum Gasteiger partial charge on any atom is 0.211 e. The fourth-order valence-electron chi connectivity index (χ4n) is 1.99. The van der Waals surface area contributed by atoms with Gasteiger partial charge in [0.25, 0.3) is 0 Å². The van der Waals surface area contributed by atoms with Crippen LogP contribution in [0.25, 0.3) is 0 Å². The van der Waals surface area contributed by atoms with E-state index in [1.54, 1.807) is 0 Å². The molecule has 0 amide bonds. The number of aliphatic hydroxyl groups excluding tert-OH is 4. The van der Waals surface area contributed by atoms with Gasteiger partial charge in [-0.15, -0.1) is 0 Å². The van der Waals surface area contributed by atoms with Crippen LogP contribution in [0, 0.1) is 0 Å². The van der Waals surface area contributed by atoms with Crippen LogP contribution in [0.5, 0.6) is 0 Å². The van der Waals surface area contributed by atoms with E-state index in [1.165, 1.54) is 0 Å². The Morgan fingerprint density at radius 1 is 1.26 bits per heavy atom. The van der Waals surface area contributed by atoms with E-state index in [2.05, 4.69) is 11.7 Å². The highest BCUT2D eigenvalue weighted by Gasteiger charge is 2.50. The van der Waals surface area contributed by atoms with Gasteiger partial charge in [-0.2, -0.15) is 0 Å². The number of ketones is 1. The Bertz CT molecular complexity index is 434. The van der Waals surface area contributed by atoms with Crippen molar-refractivity contribution in [3.8, 4) is 0 Å². The van der Waals surface area contributed by atoms with Crippen molar-refractivity contribution >= 4 is 26.3 Å². The largest absolute Gasteiger partial charge is 0.394 e. The lowest BCUT2D eigenvalue weighted by molar-refractivity contribution is -0.228. The second kappa shape index (κ2) is 6.04. The molecule has 6 atom stereocenters. The van der Waals surface area contributed by atoms with Crippen molar-refractivity contribution in [3.63, 3.8) is 0 Å². The molecule has 0 radical (unpaired) electrons. The molecule has 1 aliphatic heterocycles. The van der Waals surface area contributed by atoms with Crippen LogP contribution >= 0.6 is 11.7 Å². The topological polar surface area (TPSA) is 141 Å². The number of carbonyl (C=O) groups excluding carboxylic acids is 1. The summed E-state index contributed by atoms with van der Waals surface area (Å²) in [4.78, 5) is 11.4. The average molecular weight is 316 g/mol. The second-order valence-corrected chi connectivity index (χ2v) is 7.40. The lowest BCUT2D eigenvalue weighted by Crippen LogP contribution is -2.63. The Labute approximate surface area is 114 Å². The lowest BCUT2D eigenvalue weighted by Gasteiger charge is -2.41. The fraction of sp³-hybridized carbons (Fsp3) is 0.889. The number of hydrogen-bond donors (Lipinski definition) is 5. The van der Waals surface area contributed by atoms with Crippen molar-refractivity contribution in [1.82, 2.24) is 0 Å². The van der Waals surface area contributed by atoms with Crippen molar-refractivity contribution in [3.05, 3.63) is 0 Å². The van der Waals surface area contributed by atoms with E-state index in [9.17, 15) is 28.5 Å². The van der Waals surface area contributed by atoms with Crippen molar-refractivity contribution in [2.75, 3.05) is 6.61 Å². The first-order chi connectivity index (χ1) is 8.61. The molecule has 4 N–H and O–H groups in total. The summed E-state index contributed by atoms with van der Waals surface area (Å²) < 4.78 is 27.9. The minimum atomic E-state index is -4.18. The number of ether oxygens (including phenoxy) is 1. The molecule has 0 aromatic carbocycles. The first-order valence-electron chi connectivity index (χ1n) is 5.38. The maximum atomic E-state index is 11.4. The second-order valence-electron chi connectivity index (χ2n) is 4.34. The molecule has 112 valence electrons. The molecular weight excluding hydrogens is 300 g/mol. The number of rotatable bonds is 4. The number of thiol groups is 1. The Hall–Kier alpha value is -0.230. The SMILES string of the molecule is CC(=O)C([C@@H]1O[C@H](CO)[C@@H](O)[C@H](O)[C@@H]1O)S(=O)(=O)S. The van der Waals surface area contributed by atoms with Crippen LogP contribution in [0.15, 0.2) is 0 Å². The first-order valence-corrected chi connectivity index (χ1v) is 7.98. The van der Waals surface area contributed by atoms with E-state index in [1.807, 2.05) is 0 Å². The molecule has 1 unspecified atom stereocenters. The summed E-state index contributed by atoms with van der Waals surface area (Å²) in [6.45, 7) is 0.262. The number of aliphatic hydroxyl groups is 4. The van der Waals surface area contributed by atoms with Gasteiger partial charge in [-0.05, 0) is 18.6 Å². The van der Waals surface area contributed by atoms with Crippen LogP contribution in [0.4, 0.5) is 0 Å². The summed E-state index contributed by atoms with van der Waals surface area (Å²) in [5.41, 5.74) is 0. The molecule has 1 rings (SSSR count). The number of Topliss-reactive ketones (excluding diaryl/α,β-unsaturated/α-hetero) is 1. The Balaban J connectivity index is 3.13. The Kier molecular flexibility index (Phi) is 5.35. The smallest absolute Gasteiger partial charge is 0.211 e. The van der Waals surface area contributed by atoms with Gasteiger partial charge in [0.15, 0.2) is 11.0 Å². The first kappa shape index (κ1) is 16.8. The summed E-state index contributed by atoms with van der Waals surface area (Å²) >= 11 is 3.30. The predicted molar refractivity (Wildman–Crippen MR) is 66.1 cm³/mol. The van der Waals surface area contributed by atoms with Crippen molar-refractivity contribution in [2.45, 2.75) is 42.7 Å². The Morgan fingerprint density at radius 3 is 2.16 bits per heavy atom. The van der Waals surface area contributed by atoms with Gasteiger partial charge in [-0.1, -0.05) is 0 Å². The third-order valence-corrected chi connectivity index (χ3v) is 4.87. The average Bonchev–Trinajstić information content (AvgIpc) is 2.27. The molecule has 1 heterocycles. The minimum absolute atomic E-state index is 0.710. The fourth-order valence-corrected chi connectivity index (χ4v) is 3.78. The molecule has 19 heavy (non-hydrogen) atoms. The quantitative estimate of drug-likeness (QED) is 0.274. The van der Waals surface area contributed by atoms with Crippen LogP contribution < -0.4 is 0 Å². The van der Waals surface area contributed by atoms with Gasteiger partial charge in [0.1, 0.15) is 30.5 Å². The normalized spacial score (nSPS) is 37.9. The summed E-state index contributed by atoms with van der Waals surface area (Å²) in [6, 6.07) is 0. The highest BCUT2D eigenvalue weighted by molar-refractivity contribution is 8.64. The summed E-state index contributed by atoms with van der Waals surface area (Å²) in [7, 11) is -4.18. The molecular formula is C9H16O8S2. The Morgan fingerprint density at radius 2 is 1.79 bits per heavy atom. The molecule has 1 fully saturated rings. The minimum Gasteiger partial charge on any atom is -0.394 e. The zero-order valence-electron chi connectivity index (χ0n) is 9.95. The predicted octanol–water partition coefficient (Wildman–Crippen LogP) is -2.95. The molecule has 0 aliphatic carbocycles. The molecule has 0 aromatic heterocycles. The third kappa shape index (κ3) is 3.45. The zero-order valence-corrected chi connectivity index (χ0v) is 11.7. The van der Waals surface area contributed by atoms with E-state index >= 15 is 0 Å². The van der Waals surface area contributed by atoms with E-state index in [4.69, 9.17) is 9.84 Å². The molecule has 0 bridgehead atoms. The molecule has 8 nitrogen and oxygen atoms in total. The number of carbonyl (C=O) groups is 1. The van der Waals surface area contributed by atoms with Gasteiger partial charge in [-0.25, -0.2) is 8.42 Å². The highest BCUT2D eigenvalue weighted by Crippen LogP contribution is 2.27. The zero-order chi connectivity index (χ0) is 15.0. The van der Waals surface area contributed by atoms with Crippen molar-refractivity contribution in [2.24, 2.45) is 0 Å². The van der Waals surface area contributed by atoms with Gasteiger partial charge in [0, 0.05) is 0 Å². The van der Waals surface area contributed by atoms with Crippen molar-refractivity contribution in [1.29, 1.82) is 0 Å². The van der Waals surface area contributed by atoms with Crippen LogP contribution in [0.3, 0.4) is 0 Å². The summed E-state index contributed by atoms with van der Waals surface area (Å²) in [6.07, 6.45) is -8.05. The standard InChI is InChI=1S/C9H16O8S2/c1-3(11)9(19(15,16)18)8-7(14)6(13)5(12)4(2-10)17-8/h4-10,12-14H,2H2,1H3,(H,15,16,18)/t4-,5-,6+,7+,8-,9?/m1/s1. The monoisotopic (exact) mass is 316 g/mol. The molecule has 0 spiro atoms. The van der Waals surface area contributed by atoms with E-state index in [-0.39, 0.29) is 0 Å².